The number of nitrogens with zero attached hydrogens (tertiary/aromatic N) is 3. The third-order valence-corrected chi connectivity index (χ3v) is 3.29. The molecular formula is C15H19N3O4. The second-order valence-electron chi connectivity index (χ2n) is 4.90. The van der Waals surface area contributed by atoms with Crippen LogP contribution in [-0.4, -0.2) is 45.8 Å². The van der Waals surface area contributed by atoms with Crippen molar-refractivity contribution < 1.29 is 19.2 Å². The molecule has 1 atom stereocenters. The van der Waals surface area contributed by atoms with Crippen LogP contribution in [0, 0.1) is 0 Å². The van der Waals surface area contributed by atoms with Gasteiger partial charge in [0, 0.05) is 5.56 Å². The highest BCUT2D eigenvalue weighted by atomic mass is 16.5. The van der Waals surface area contributed by atoms with Crippen molar-refractivity contribution in [3.05, 3.63) is 30.2 Å². The van der Waals surface area contributed by atoms with E-state index >= 15 is 0 Å². The van der Waals surface area contributed by atoms with Crippen LogP contribution >= 0.6 is 0 Å². The monoisotopic (exact) mass is 305 g/mol. The molecular weight excluding hydrogens is 286 g/mol. The molecule has 0 aliphatic carbocycles. The van der Waals surface area contributed by atoms with Crippen molar-refractivity contribution in [3.8, 4) is 17.1 Å². The van der Waals surface area contributed by atoms with Crippen molar-refractivity contribution >= 4 is 5.97 Å². The quantitative estimate of drug-likeness (QED) is 0.837. The molecule has 0 spiro atoms. The molecule has 0 saturated carbocycles. The van der Waals surface area contributed by atoms with Gasteiger partial charge in [-0.2, -0.15) is 4.98 Å². The van der Waals surface area contributed by atoms with E-state index in [-0.39, 0.29) is 6.54 Å². The van der Waals surface area contributed by atoms with Crippen LogP contribution in [0.5, 0.6) is 5.75 Å². The topological polar surface area (TPSA) is 88.7 Å². The SMILES string of the molecule is CCOc1ccc(-c2noc(CN(C)C(C)C(=O)O)n2)cc1. The van der Waals surface area contributed by atoms with Gasteiger partial charge in [-0.05, 0) is 45.2 Å². The van der Waals surface area contributed by atoms with Gasteiger partial charge in [-0.3, -0.25) is 9.69 Å². The van der Waals surface area contributed by atoms with E-state index in [1.807, 2.05) is 31.2 Å². The van der Waals surface area contributed by atoms with Gasteiger partial charge in [-0.15, -0.1) is 0 Å². The number of ether oxygens (including phenoxy) is 1. The van der Waals surface area contributed by atoms with Gasteiger partial charge in [0.15, 0.2) is 0 Å². The third-order valence-electron chi connectivity index (χ3n) is 3.29. The van der Waals surface area contributed by atoms with Crippen LogP contribution in [-0.2, 0) is 11.3 Å². The molecule has 2 aromatic rings. The van der Waals surface area contributed by atoms with Crippen LogP contribution in [0.25, 0.3) is 11.4 Å². The fourth-order valence-corrected chi connectivity index (χ4v) is 1.84. The van der Waals surface area contributed by atoms with E-state index < -0.39 is 12.0 Å². The number of carboxylic acid groups (broad SMARTS) is 1. The second kappa shape index (κ2) is 7.04. The summed E-state index contributed by atoms with van der Waals surface area (Å²) < 4.78 is 10.5. The molecule has 22 heavy (non-hydrogen) atoms. The van der Waals surface area contributed by atoms with Gasteiger partial charge >= 0.3 is 5.97 Å². The van der Waals surface area contributed by atoms with Crippen molar-refractivity contribution in [2.24, 2.45) is 0 Å². The lowest BCUT2D eigenvalue weighted by Crippen LogP contribution is -2.35. The number of carboxylic acids is 1. The summed E-state index contributed by atoms with van der Waals surface area (Å²) in [6.45, 7) is 4.41. The van der Waals surface area contributed by atoms with Gasteiger partial charge < -0.3 is 14.4 Å². The van der Waals surface area contributed by atoms with E-state index in [0.29, 0.717) is 18.3 Å². The number of benzene rings is 1. The molecule has 2 rings (SSSR count). The first-order chi connectivity index (χ1) is 10.5. The number of hydrogen-bond acceptors (Lipinski definition) is 6. The molecule has 1 aromatic carbocycles. The molecule has 7 nitrogen and oxygen atoms in total. The zero-order valence-electron chi connectivity index (χ0n) is 12.8. The summed E-state index contributed by atoms with van der Waals surface area (Å²) in [4.78, 5) is 16.8. The molecule has 7 heteroatoms. The summed E-state index contributed by atoms with van der Waals surface area (Å²) in [6, 6.07) is 6.76. The van der Waals surface area contributed by atoms with Crippen molar-refractivity contribution in [2.75, 3.05) is 13.7 Å². The highest BCUT2D eigenvalue weighted by Crippen LogP contribution is 2.20. The summed E-state index contributed by atoms with van der Waals surface area (Å²) in [5.74, 6) is 0.729. The van der Waals surface area contributed by atoms with Crippen LogP contribution in [0.2, 0.25) is 0 Å². The first-order valence-corrected chi connectivity index (χ1v) is 7.00. The summed E-state index contributed by atoms with van der Waals surface area (Å²) in [5, 5.41) is 12.9. The molecule has 0 aliphatic rings. The summed E-state index contributed by atoms with van der Waals surface area (Å²) >= 11 is 0. The molecule has 0 fully saturated rings. The minimum Gasteiger partial charge on any atom is -0.494 e. The number of hydrogen-bond donors (Lipinski definition) is 1. The molecule has 0 bridgehead atoms. The predicted octanol–water partition coefficient (Wildman–Crippen LogP) is 2.04. The molecule has 0 radical (unpaired) electrons. The maximum atomic E-state index is 10.9. The fraction of sp³-hybridized carbons (Fsp3) is 0.400. The zero-order chi connectivity index (χ0) is 16.1. The minimum absolute atomic E-state index is 0.275. The van der Waals surface area contributed by atoms with E-state index in [1.165, 1.54) is 0 Å². The Bertz CT molecular complexity index is 624. The molecule has 1 heterocycles. The standard InChI is InChI=1S/C15H19N3O4/c1-4-21-12-7-5-11(6-8-12)14-16-13(22-17-14)9-18(3)10(2)15(19)20/h5-8,10H,4,9H2,1-3H3,(H,19,20). The lowest BCUT2D eigenvalue weighted by Gasteiger charge is -2.18. The van der Waals surface area contributed by atoms with Gasteiger partial charge in [-0.25, -0.2) is 0 Å². The first-order valence-electron chi connectivity index (χ1n) is 7.00. The smallest absolute Gasteiger partial charge is 0.320 e. The Morgan fingerprint density at radius 3 is 2.68 bits per heavy atom. The summed E-state index contributed by atoms with van der Waals surface area (Å²) in [6.07, 6.45) is 0. The third kappa shape index (κ3) is 3.82. The largest absolute Gasteiger partial charge is 0.494 e. The Hall–Kier alpha value is -2.41. The van der Waals surface area contributed by atoms with Crippen LogP contribution < -0.4 is 4.74 Å². The van der Waals surface area contributed by atoms with E-state index in [2.05, 4.69) is 10.1 Å². The number of aliphatic carboxylic acids is 1. The molecule has 1 N–H and O–H groups in total. The van der Waals surface area contributed by atoms with Crippen LogP contribution in [0.1, 0.15) is 19.7 Å². The average Bonchev–Trinajstić information content (AvgIpc) is 2.96. The van der Waals surface area contributed by atoms with Crippen LogP contribution in [0.4, 0.5) is 0 Å². The Morgan fingerprint density at radius 2 is 2.09 bits per heavy atom. The minimum atomic E-state index is -0.895. The normalized spacial score (nSPS) is 12.4. The van der Waals surface area contributed by atoms with Crippen molar-refractivity contribution in [3.63, 3.8) is 0 Å². The number of rotatable bonds is 7. The Balaban J connectivity index is 2.06. The highest BCUT2D eigenvalue weighted by molar-refractivity contribution is 5.72. The lowest BCUT2D eigenvalue weighted by atomic mass is 10.2. The van der Waals surface area contributed by atoms with Crippen molar-refractivity contribution in [1.29, 1.82) is 0 Å². The van der Waals surface area contributed by atoms with E-state index in [1.54, 1.807) is 18.9 Å². The summed E-state index contributed by atoms with van der Waals surface area (Å²) in [5.41, 5.74) is 0.812. The number of likely N-dealkylation sites (N-methyl/N-ethyl adjacent to an activating group) is 1. The van der Waals surface area contributed by atoms with Gasteiger partial charge in [0.1, 0.15) is 11.8 Å². The molecule has 1 aromatic heterocycles. The van der Waals surface area contributed by atoms with Crippen molar-refractivity contribution in [2.45, 2.75) is 26.4 Å². The van der Waals surface area contributed by atoms with E-state index in [4.69, 9.17) is 14.4 Å². The van der Waals surface area contributed by atoms with Gasteiger partial charge in [0.05, 0.1) is 13.2 Å². The molecule has 1 unspecified atom stereocenters. The van der Waals surface area contributed by atoms with Crippen LogP contribution in [0.3, 0.4) is 0 Å². The second-order valence-corrected chi connectivity index (χ2v) is 4.90. The zero-order valence-corrected chi connectivity index (χ0v) is 12.8. The maximum absolute atomic E-state index is 10.9. The highest BCUT2D eigenvalue weighted by Gasteiger charge is 2.19. The molecule has 0 aliphatic heterocycles. The lowest BCUT2D eigenvalue weighted by molar-refractivity contribution is -0.142. The maximum Gasteiger partial charge on any atom is 0.320 e. The first kappa shape index (κ1) is 16.0. The van der Waals surface area contributed by atoms with Gasteiger partial charge in [0.2, 0.25) is 11.7 Å². The van der Waals surface area contributed by atoms with Gasteiger partial charge in [-0.1, -0.05) is 5.16 Å². The number of aromatic nitrogens is 2. The van der Waals surface area contributed by atoms with E-state index in [0.717, 1.165) is 11.3 Å². The predicted molar refractivity (Wildman–Crippen MR) is 79.5 cm³/mol. The van der Waals surface area contributed by atoms with E-state index in [9.17, 15) is 4.79 Å². The van der Waals surface area contributed by atoms with Crippen molar-refractivity contribution in [1.82, 2.24) is 15.0 Å². The molecule has 0 amide bonds. The molecule has 0 saturated heterocycles. The van der Waals surface area contributed by atoms with Crippen LogP contribution in [0.15, 0.2) is 28.8 Å². The molecule has 118 valence electrons. The van der Waals surface area contributed by atoms with Gasteiger partial charge in [0.25, 0.3) is 0 Å². The Morgan fingerprint density at radius 1 is 1.41 bits per heavy atom. The summed E-state index contributed by atoms with van der Waals surface area (Å²) in [7, 11) is 1.69. The average molecular weight is 305 g/mol. The Labute approximate surface area is 128 Å². The number of carbonyl (C=O) groups is 1. The Kier molecular flexibility index (Phi) is 5.11. The fourth-order valence-electron chi connectivity index (χ4n) is 1.84.